The second-order valence-corrected chi connectivity index (χ2v) is 6.32. The summed E-state index contributed by atoms with van der Waals surface area (Å²) < 4.78 is 10.0. The van der Waals surface area contributed by atoms with E-state index >= 15 is 0 Å². The molecule has 0 spiro atoms. The molecule has 1 atom stereocenters. The van der Waals surface area contributed by atoms with Crippen LogP contribution in [0.3, 0.4) is 0 Å². The van der Waals surface area contributed by atoms with E-state index in [0.717, 1.165) is 19.4 Å². The molecule has 1 aliphatic rings. The molecule has 9 heteroatoms. The molecule has 1 aliphatic heterocycles. The fourth-order valence-corrected chi connectivity index (χ4v) is 2.74. The molecule has 0 saturated carbocycles. The third kappa shape index (κ3) is 6.35. The third-order valence-electron chi connectivity index (χ3n) is 4.21. The van der Waals surface area contributed by atoms with Crippen molar-refractivity contribution in [1.82, 2.24) is 15.5 Å². The number of nitrogens with zero attached hydrogens (tertiary/aromatic N) is 2. The van der Waals surface area contributed by atoms with Gasteiger partial charge in [-0.1, -0.05) is 0 Å². The molecule has 1 unspecified atom stereocenters. The Morgan fingerprint density at radius 3 is 2.73 bits per heavy atom. The molecular formula is C17H29IN4O4. The molecule has 2 rings (SSSR count). The fraction of sp³-hybridized carbons (Fsp3) is 0.647. The van der Waals surface area contributed by atoms with Crippen LogP contribution in [0.2, 0.25) is 0 Å². The van der Waals surface area contributed by atoms with Crippen LogP contribution in [-0.2, 0) is 10.3 Å². The van der Waals surface area contributed by atoms with Gasteiger partial charge in [0, 0.05) is 25.7 Å². The van der Waals surface area contributed by atoms with Crippen molar-refractivity contribution in [3.8, 4) is 0 Å². The topological polar surface area (TPSA) is 99.3 Å². The van der Waals surface area contributed by atoms with Crippen molar-refractivity contribution in [3.63, 3.8) is 0 Å². The predicted molar refractivity (Wildman–Crippen MR) is 110 cm³/mol. The van der Waals surface area contributed by atoms with Gasteiger partial charge in [-0.3, -0.25) is 0 Å². The highest BCUT2D eigenvalue weighted by molar-refractivity contribution is 14.0. The van der Waals surface area contributed by atoms with Crippen LogP contribution in [0.5, 0.6) is 0 Å². The van der Waals surface area contributed by atoms with E-state index in [1.165, 1.54) is 13.4 Å². The number of rotatable bonds is 5. The number of likely N-dealkylation sites (tertiary alicyclic amines) is 1. The Kier molecular flexibility index (Phi) is 9.20. The zero-order valence-electron chi connectivity index (χ0n) is 15.5. The van der Waals surface area contributed by atoms with Crippen LogP contribution in [0.25, 0.3) is 0 Å². The number of hydrogen-bond acceptors (Lipinski definition) is 5. The molecule has 1 aromatic heterocycles. The Morgan fingerprint density at radius 1 is 1.50 bits per heavy atom. The van der Waals surface area contributed by atoms with Crippen LogP contribution in [0.4, 0.5) is 4.79 Å². The Bertz CT molecular complexity index is 569. The number of ether oxygens (including phenoxy) is 1. The molecule has 0 bridgehead atoms. The summed E-state index contributed by atoms with van der Waals surface area (Å²) in [6.45, 7) is 5.85. The summed E-state index contributed by atoms with van der Waals surface area (Å²) in [6, 6.07) is 3.69. The molecule has 1 aromatic rings. The van der Waals surface area contributed by atoms with Gasteiger partial charge in [-0.2, -0.15) is 0 Å². The van der Waals surface area contributed by atoms with Gasteiger partial charge >= 0.3 is 6.09 Å². The first-order valence-corrected chi connectivity index (χ1v) is 8.60. The highest BCUT2D eigenvalue weighted by atomic mass is 127. The van der Waals surface area contributed by atoms with Crippen LogP contribution in [0.15, 0.2) is 27.8 Å². The van der Waals surface area contributed by atoms with E-state index < -0.39 is 5.60 Å². The molecule has 1 fully saturated rings. The number of carbonyl (C=O) groups is 1. The van der Waals surface area contributed by atoms with Crippen LogP contribution >= 0.6 is 24.0 Å². The Balaban J connectivity index is 0.00000338. The quantitative estimate of drug-likeness (QED) is 0.338. The summed E-state index contributed by atoms with van der Waals surface area (Å²) >= 11 is 0. The van der Waals surface area contributed by atoms with Gasteiger partial charge in [0.1, 0.15) is 11.4 Å². The molecule has 2 heterocycles. The highest BCUT2D eigenvalue weighted by Gasteiger charge is 2.27. The van der Waals surface area contributed by atoms with E-state index in [0.29, 0.717) is 24.8 Å². The lowest BCUT2D eigenvalue weighted by molar-refractivity contribution is 0.0436. The van der Waals surface area contributed by atoms with Gasteiger partial charge < -0.3 is 29.8 Å². The first-order valence-electron chi connectivity index (χ1n) is 8.60. The Hall–Kier alpha value is -1.49. The van der Waals surface area contributed by atoms with Crippen molar-refractivity contribution in [2.45, 2.75) is 38.3 Å². The van der Waals surface area contributed by atoms with E-state index in [4.69, 9.17) is 9.15 Å². The van der Waals surface area contributed by atoms with Crippen LogP contribution < -0.4 is 10.6 Å². The lowest BCUT2D eigenvalue weighted by atomic mass is 10.0. The lowest BCUT2D eigenvalue weighted by Crippen LogP contribution is -2.50. The van der Waals surface area contributed by atoms with Gasteiger partial charge in [-0.05, 0) is 38.8 Å². The number of aliphatic imine (C=N–C) groups is 1. The minimum Gasteiger partial charge on any atom is -0.466 e. The number of hydrogen-bond donors (Lipinski definition) is 3. The van der Waals surface area contributed by atoms with Gasteiger partial charge in [-0.15, -0.1) is 24.0 Å². The average Bonchev–Trinajstić information content (AvgIpc) is 3.15. The summed E-state index contributed by atoms with van der Waals surface area (Å²) in [5.41, 5.74) is -1.17. The Morgan fingerprint density at radius 2 is 2.19 bits per heavy atom. The van der Waals surface area contributed by atoms with Crippen molar-refractivity contribution < 1.29 is 19.1 Å². The summed E-state index contributed by atoms with van der Waals surface area (Å²) in [7, 11) is 1.40. The lowest BCUT2D eigenvalue weighted by Gasteiger charge is -2.32. The van der Waals surface area contributed by atoms with Crippen LogP contribution in [-0.4, -0.2) is 61.4 Å². The molecule has 8 nitrogen and oxygen atoms in total. The fourth-order valence-electron chi connectivity index (χ4n) is 2.74. The maximum Gasteiger partial charge on any atom is 0.409 e. The molecule has 148 valence electrons. The molecule has 26 heavy (non-hydrogen) atoms. The number of furan rings is 1. The number of nitrogens with one attached hydrogen (secondary N) is 2. The van der Waals surface area contributed by atoms with Crippen molar-refractivity contribution in [3.05, 3.63) is 24.2 Å². The Labute approximate surface area is 171 Å². The first-order chi connectivity index (χ1) is 12.0. The minimum atomic E-state index is -1.17. The zero-order chi connectivity index (χ0) is 18.3. The second kappa shape index (κ2) is 10.6. The van der Waals surface area contributed by atoms with Crippen molar-refractivity contribution in [2.75, 3.05) is 33.3 Å². The number of aliphatic hydroxyl groups is 1. The molecule has 0 radical (unpaired) electrons. The highest BCUT2D eigenvalue weighted by Crippen LogP contribution is 2.21. The summed E-state index contributed by atoms with van der Waals surface area (Å²) in [5.74, 6) is 1.13. The number of piperidine rings is 1. The van der Waals surface area contributed by atoms with Gasteiger partial charge in [0.2, 0.25) is 0 Å². The molecule has 3 N–H and O–H groups in total. The maximum atomic E-state index is 11.5. The third-order valence-corrected chi connectivity index (χ3v) is 4.21. The number of methoxy groups -OCH3 is 1. The second-order valence-electron chi connectivity index (χ2n) is 6.32. The zero-order valence-corrected chi connectivity index (χ0v) is 17.9. The number of guanidine groups is 1. The van der Waals surface area contributed by atoms with Crippen LogP contribution in [0.1, 0.15) is 32.4 Å². The largest absolute Gasteiger partial charge is 0.466 e. The van der Waals surface area contributed by atoms with Gasteiger partial charge in [0.15, 0.2) is 5.96 Å². The molecule has 0 aliphatic carbocycles. The summed E-state index contributed by atoms with van der Waals surface area (Å²) in [6.07, 6.45) is 2.88. The molecule has 1 amide bonds. The standard InChI is InChI=1S/C17H28N4O4.HI/c1-4-18-15(19-12-17(2,23)14-6-5-11-25-14)20-13-7-9-21(10-8-13)16(22)24-3;/h5-6,11,13,23H,4,7-10,12H2,1-3H3,(H2,18,19,20);1H. The maximum absolute atomic E-state index is 11.5. The van der Waals surface area contributed by atoms with Crippen molar-refractivity contribution in [1.29, 1.82) is 0 Å². The average molecular weight is 480 g/mol. The van der Waals surface area contributed by atoms with Gasteiger partial charge in [0.25, 0.3) is 0 Å². The normalized spacial score (nSPS) is 17.8. The minimum absolute atomic E-state index is 0. The van der Waals surface area contributed by atoms with E-state index in [9.17, 15) is 9.90 Å². The van der Waals surface area contributed by atoms with E-state index in [1.54, 1.807) is 24.0 Å². The van der Waals surface area contributed by atoms with Crippen molar-refractivity contribution >= 4 is 36.0 Å². The van der Waals surface area contributed by atoms with E-state index in [1.807, 2.05) is 6.92 Å². The monoisotopic (exact) mass is 480 g/mol. The SMILES string of the molecule is CCNC(=NCC(C)(O)c1ccco1)NC1CCN(C(=O)OC)CC1.I. The van der Waals surface area contributed by atoms with E-state index in [-0.39, 0.29) is 42.7 Å². The molecule has 0 aromatic carbocycles. The first kappa shape index (κ1) is 22.6. The number of carbonyl (C=O) groups excluding carboxylic acids is 1. The van der Waals surface area contributed by atoms with Crippen LogP contribution in [0, 0.1) is 0 Å². The van der Waals surface area contributed by atoms with Gasteiger partial charge in [0.05, 0.1) is 19.9 Å². The summed E-state index contributed by atoms with van der Waals surface area (Å²) in [4.78, 5) is 17.7. The molecular weight excluding hydrogens is 451 g/mol. The number of halogens is 1. The number of amides is 1. The predicted octanol–water partition coefficient (Wildman–Crippen LogP) is 1.89. The molecule has 1 saturated heterocycles. The van der Waals surface area contributed by atoms with E-state index in [2.05, 4.69) is 15.6 Å². The van der Waals surface area contributed by atoms with Gasteiger partial charge in [-0.25, -0.2) is 9.79 Å². The smallest absolute Gasteiger partial charge is 0.409 e. The van der Waals surface area contributed by atoms with Crippen molar-refractivity contribution in [2.24, 2.45) is 4.99 Å². The summed E-state index contributed by atoms with van der Waals surface area (Å²) in [5, 5.41) is 17.1.